The topological polar surface area (TPSA) is 46.4 Å². The second kappa shape index (κ2) is 7.35. The predicted molar refractivity (Wildman–Crippen MR) is 96.6 cm³/mol. The van der Waals surface area contributed by atoms with E-state index in [4.69, 9.17) is 0 Å². The molecule has 0 aliphatic rings. The highest BCUT2D eigenvalue weighted by molar-refractivity contribution is 5.58. The first-order valence-electron chi connectivity index (χ1n) is 7.55. The average molecular weight is 316 g/mol. The highest BCUT2D eigenvalue weighted by Crippen LogP contribution is 2.11. The Morgan fingerprint density at radius 2 is 1.29 bits per heavy atom. The number of anilines is 1. The lowest BCUT2D eigenvalue weighted by atomic mass is 10.2. The van der Waals surface area contributed by atoms with E-state index in [1.165, 1.54) is 12.4 Å². The minimum Gasteiger partial charge on any atom is -0.754 e. The van der Waals surface area contributed by atoms with Crippen molar-refractivity contribution in [2.24, 2.45) is 0 Å². The zero-order chi connectivity index (χ0) is 16.8. The van der Waals surface area contributed by atoms with Crippen molar-refractivity contribution < 1.29 is 4.76 Å². The van der Waals surface area contributed by atoms with E-state index in [0.717, 1.165) is 20.3 Å². The minimum absolute atomic E-state index is 0.572. The summed E-state index contributed by atoms with van der Waals surface area (Å²) in [5.41, 5.74) is 1.14. The molecule has 0 saturated heterocycles. The fourth-order valence-electron chi connectivity index (χ4n) is 2.24. The summed E-state index contributed by atoms with van der Waals surface area (Å²) in [5.74, 6) is 0. The van der Waals surface area contributed by atoms with Gasteiger partial charge < -0.3 is 10.3 Å². The summed E-state index contributed by atoms with van der Waals surface area (Å²) in [6.45, 7) is 0. The molecule has 0 aliphatic carbocycles. The molecule has 4 nitrogen and oxygen atoms in total. The third-order valence-electron chi connectivity index (χ3n) is 3.49. The van der Waals surface area contributed by atoms with Crippen molar-refractivity contribution in [2.75, 3.05) is 5.06 Å². The van der Waals surface area contributed by atoms with Crippen molar-refractivity contribution in [1.82, 2.24) is 0 Å². The summed E-state index contributed by atoms with van der Waals surface area (Å²) < 4.78 is 0.822. The normalized spacial score (nSPS) is 10.0. The maximum atomic E-state index is 12.1. The molecule has 0 radical (unpaired) electrons. The van der Waals surface area contributed by atoms with Crippen LogP contribution in [-0.2, 0) is 0 Å². The Bertz CT molecular complexity index is 915. The molecule has 0 spiro atoms. The predicted octanol–water partition coefficient (Wildman–Crippen LogP) is 3.28. The maximum Gasteiger partial charge on any atom is 0.262 e. The van der Waals surface area contributed by atoms with Crippen molar-refractivity contribution in [3.63, 3.8) is 0 Å². The van der Waals surface area contributed by atoms with Crippen LogP contribution in [0.2, 0.25) is 0 Å². The molecule has 0 N–H and O–H groups in total. The molecule has 0 aromatic heterocycles. The van der Waals surface area contributed by atoms with Gasteiger partial charge in [0.05, 0.1) is 4.76 Å². The van der Waals surface area contributed by atoms with E-state index in [1.54, 1.807) is 48.5 Å². The standard InChI is InChI=1S/C20H16N2O2/c23-21(19-7-3-1-4-8-19)15-17-11-13-18(14-12-17)16-22(24)20-9-5-2-6-10-20/h1-16H. The first kappa shape index (κ1) is 15.6. The molecule has 3 rings (SSSR count). The number of nitrogens with zero attached hydrogens (tertiary/aromatic N) is 2. The van der Waals surface area contributed by atoms with Crippen molar-refractivity contribution in [2.45, 2.75) is 0 Å². The van der Waals surface area contributed by atoms with Gasteiger partial charge in [-0.15, -0.1) is 0 Å². The monoisotopic (exact) mass is 316 g/mol. The van der Waals surface area contributed by atoms with Gasteiger partial charge in [-0.3, -0.25) is 0 Å². The van der Waals surface area contributed by atoms with Crippen LogP contribution in [0.3, 0.4) is 0 Å². The number of para-hydroxylation sites is 2. The summed E-state index contributed by atoms with van der Waals surface area (Å²) in [5, 5.41) is 14.4. The van der Waals surface area contributed by atoms with Gasteiger partial charge >= 0.3 is 0 Å². The van der Waals surface area contributed by atoms with Gasteiger partial charge in [-0.05, 0) is 29.5 Å². The molecule has 0 bridgehead atoms. The molecule has 0 amide bonds. The van der Waals surface area contributed by atoms with E-state index >= 15 is 0 Å². The Hall–Kier alpha value is -3.24. The first-order valence-corrected chi connectivity index (χ1v) is 7.55. The lowest BCUT2D eigenvalue weighted by Crippen LogP contribution is -2.14. The van der Waals surface area contributed by atoms with Crippen LogP contribution in [0.1, 0.15) is 0 Å². The highest BCUT2D eigenvalue weighted by atomic mass is 16.5. The third kappa shape index (κ3) is 3.94. The van der Waals surface area contributed by atoms with Gasteiger partial charge in [-0.25, -0.2) is 0 Å². The average Bonchev–Trinajstić information content (AvgIpc) is 2.65. The molecule has 0 atom stereocenters. The van der Waals surface area contributed by atoms with Crippen LogP contribution in [0.4, 0.5) is 11.4 Å². The van der Waals surface area contributed by atoms with E-state index in [0.29, 0.717) is 11.4 Å². The van der Waals surface area contributed by atoms with Crippen LogP contribution in [0.5, 0.6) is 0 Å². The second-order valence-electron chi connectivity index (χ2n) is 5.25. The van der Waals surface area contributed by atoms with Crippen molar-refractivity contribution in [1.29, 1.82) is 0 Å². The van der Waals surface area contributed by atoms with Crippen LogP contribution in [0.25, 0.3) is 12.4 Å². The molecule has 0 unspecified atom stereocenters. The van der Waals surface area contributed by atoms with Gasteiger partial charge in [-0.2, -0.15) is 0 Å². The number of benzene rings is 3. The molecule has 0 heterocycles. The van der Waals surface area contributed by atoms with E-state index < -0.39 is 0 Å². The Morgan fingerprint density at radius 1 is 0.750 bits per heavy atom. The van der Waals surface area contributed by atoms with Gasteiger partial charge in [0, 0.05) is 34.1 Å². The zero-order valence-electron chi connectivity index (χ0n) is 12.9. The number of hydroxylamine groups is 1. The molecular weight excluding hydrogens is 300 g/mol. The molecular formula is C20H16N2O2. The molecule has 3 aromatic carbocycles. The number of hydrogen-bond donors (Lipinski definition) is 0. The Labute approximate surface area is 139 Å². The van der Waals surface area contributed by atoms with Gasteiger partial charge in [-0.1, -0.05) is 48.5 Å². The zero-order valence-corrected chi connectivity index (χ0v) is 12.9. The van der Waals surface area contributed by atoms with Crippen molar-refractivity contribution >= 4 is 23.8 Å². The molecule has 0 aliphatic heterocycles. The number of nitroso groups, excluding NO2 is 1. The number of hydrogen-bond acceptors (Lipinski definition) is 3. The summed E-state index contributed by atoms with van der Waals surface area (Å²) in [7, 11) is 0. The molecule has 3 aromatic rings. The highest BCUT2D eigenvalue weighted by Gasteiger charge is 2.07. The third-order valence-corrected chi connectivity index (χ3v) is 3.49. The van der Waals surface area contributed by atoms with Gasteiger partial charge in [0.1, 0.15) is 0 Å². The largest absolute Gasteiger partial charge is 0.754 e. The molecule has 0 saturated carbocycles. The van der Waals surface area contributed by atoms with Crippen LogP contribution >= 0.6 is 0 Å². The Kier molecular flexibility index (Phi) is 4.79. The van der Waals surface area contributed by atoms with E-state index in [-0.39, 0.29) is 0 Å². The van der Waals surface area contributed by atoms with Crippen LogP contribution in [0.15, 0.2) is 84.9 Å². The summed E-state index contributed by atoms with van der Waals surface area (Å²) >= 11 is 0. The minimum atomic E-state index is 0.572. The first-order chi connectivity index (χ1) is 11.7. The quantitative estimate of drug-likeness (QED) is 0.548. The SMILES string of the molecule is O=[N+](C=c1ccc(=CN([O-])c2ccccc2)cc1)c1ccccc1. The molecule has 118 valence electrons. The Balaban J connectivity index is 1.82. The fraction of sp³-hybridized carbons (Fsp3) is 0. The molecule has 4 heteroatoms. The van der Waals surface area contributed by atoms with Crippen molar-refractivity contribution in [3.05, 3.63) is 105 Å². The molecule has 24 heavy (non-hydrogen) atoms. The van der Waals surface area contributed by atoms with Crippen LogP contribution < -0.4 is 15.5 Å². The summed E-state index contributed by atoms with van der Waals surface area (Å²) in [6, 6.07) is 25.2. The summed E-state index contributed by atoms with van der Waals surface area (Å²) in [4.78, 5) is 12.1. The summed E-state index contributed by atoms with van der Waals surface area (Å²) in [6.07, 6.45) is 3.01. The fourth-order valence-corrected chi connectivity index (χ4v) is 2.24. The van der Waals surface area contributed by atoms with Crippen LogP contribution in [0, 0.1) is 10.1 Å². The molecule has 0 fully saturated rings. The number of rotatable bonds is 4. The van der Waals surface area contributed by atoms with Crippen molar-refractivity contribution in [3.8, 4) is 0 Å². The van der Waals surface area contributed by atoms with E-state index in [2.05, 4.69) is 0 Å². The van der Waals surface area contributed by atoms with Gasteiger partial charge in [0.2, 0.25) is 6.20 Å². The second-order valence-corrected chi connectivity index (χ2v) is 5.25. The van der Waals surface area contributed by atoms with Crippen LogP contribution in [-0.4, -0.2) is 4.76 Å². The van der Waals surface area contributed by atoms with Gasteiger partial charge in [0.25, 0.3) is 5.69 Å². The van der Waals surface area contributed by atoms with E-state index in [9.17, 15) is 10.1 Å². The van der Waals surface area contributed by atoms with Gasteiger partial charge in [0.15, 0.2) is 0 Å². The smallest absolute Gasteiger partial charge is 0.262 e. The Morgan fingerprint density at radius 3 is 1.92 bits per heavy atom. The van der Waals surface area contributed by atoms with E-state index in [1.807, 2.05) is 36.4 Å². The lowest BCUT2D eigenvalue weighted by molar-refractivity contribution is -0.345. The lowest BCUT2D eigenvalue weighted by Gasteiger charge is -2.26. The maximum absolute atomic E-state index is 12.1.